The Kier molecular flexibility index (Phi) is 14.4. The lowest BCUT2D eigenvalue weighted by atomic mass is 9.86. The molecule has 1 aromatic heterocycles. The Labute approximate surface area is 330 Å². The quantitative estimate of drug-likeness (QED) is 0.0497. The number of hydrogen-bond acceptors (Lipinski definition) is 8. The van der Waals surface area contributed by atoms with Crippen molar-refractivity contribution in [3.05, 3.63) is 160 Å². The molecule has 0 unspecified atom stereocenters. The van der Waals surface area contributed by atoms with E-state index in [9.17, 15) is 27.6 Å². The highest BCUT2D eigenvalue weighted by atomic mass is 28.3. The fourth-order valence-corrected chi connectivity index (χ4v) is 6.75. The van der Waals surface area contributed by atoms with Gasteiger partial charge in [-0.05, 0) is 40.4 Å². The molecule has 5 aromatic rings. The first-order valence-corrected chi connectivity index (χ1v) is 22.1. The maximum absolute atomic E-state index is 14.8. The van der Waals surface area contributed by atoms with E-state index in [0.717, 1.165) is 16.5 Å². The highest BCUT2D eigenvalue weighted by Crippen LogP contribution is 2.33. The smallest absolute Gasteiger partial charge is 0.490 e. The molecular weight excluding hydrogens is 756 g/mol. The monoisotopic (exact) mass is 801 g/mol. The van der Waals surface area contributed by atoms with Crippen LogP contribution in [0, 0.1) is 0 Å². The normalized spacial score (nSPS) is 12.2. The Morgan fingerprint density at radius 3 is 1.95 bits per heavy atom. The number of nitrogens with zero attached hydrogens (tertiary/aromatic N) is 3. The molecule has 1 heterocycles. The van der Waals surface area contributed by atoms with Crippen molar-refractivity contribution >= 4 is 20.0 Å². The van der Waals surface area contributed by atoms with Gasteiger partial charge in [0, 0.05) is 27.1 Å². The largest absolute Gasteiger partial charge is 0.497 e. The van der Waals surface area contributed by atoms with Crippen molar-refractivity contribution in [2.24, 2.45) is 0 Å². The van der Waals surface area contributed by atoms with Gasteiger partial charge in [-0.3, -0.25) is 9.59 Å². The summed E-state index contributed by atoms with van der Waals surface area (Å²) in [7, 11) is 0.0413. The molecular formula is C43H46F3N3O7Si. The maximum Gasteiger partial charge on any atom is 0.490 e. The zero-order valence-corrected chi connectivity index (χ0v) is 33.3. The van der Waals surface area contributed by atoms with Crippen molar-refractivity contribution in [1.29, 1.82) is 0 Å². The van der Waals surface area contributed by atoms with Gasteiger partial charge in [0.2, 0.25) is 0 Å². The summed E-state index contributed by atoms with van der Waals surface area (Å²) in [6.45, 7) is 6.16. The number of ether oxygens (including phenoxy) is 4. The topological polar surface area (TPSA) is 109 Å². The average molecular weight is 802 g/mol. The number of esters is 1. The third-order valence-electron chi connectivity index (χ3n) is 8.99. The summed E-state index contributed by atoms with van der Waals surface area (Å²) >= 11 is 0. The Morgan fingerprint density at radius 1 is 0.825 bits per heavy atom. The van der Waals surface area contributed by atoms with Gasteiger partial charge in [0.25, 0.3) is 11.3 Å². The number of benzene rings is 4. The number of hydrogen-bond donors (Lipinski definition) is 0. The molecule has 300 valence electrons. The van der Waals surface area contributed by atoms with Crippen molar-refractivity contribution in [2.45, 2.75) is 63.8 Å². The minimum absolute atomic E-state index is 0.00503. The molecule has 4 aromatic carbocycles. The summed E-state index contributed by atoms with van der Waals surface area (Å²) in [5.41, 5.74) is 0.996. The van der Waals surface area contributed by atoms with Gasteiger partial charge < -0.3 is 23.8 Å². The van der Waals surface area contributed by atoms with Crippen LogP contribution >= 0.6 is 0 Å². The highest BCUT2D eigenvalue weighted by molar-refractivity contribution is 6.76. The summed E-state index contributed by atoms with van der Waals surface area (Å²) in [5.74, 6) is -3.96. The summed E-state index contributed by atoms with van der Waals surface area (Å²) in [5, 5.41) is 4.39. The summed E-state index contributed by atoms with van der Waals surface area (Å²) in [6.07, 6.45) is -5.56. The van der Waals surface area contributed by atoms with Crippen molar-refractivity contribution in [3.8, 4) is 11.5 Å². The molecule has 0 aliphatic heterocycles. The van der Waals surface area contributed by atoms with E-state index in [-0.39, 0.29) is 25.6 Å². The Morgan fingerprint density at radius 2 is 1.40 bits per heavy atom. The van der Waals surface area contributed by atoms with Gasteiger partial charge in [0.1, 0.15) is 25.2 Å². The van der Waals surface area contributed by atoms with Gasteiger partial charge >= 0.3 is 12.1 Å². The van der Waals surface area contributed by atoms with Gasteiger partial charge in [-0.15, -0.1) is 0 Å². The first kappa shape index (κ1) is 42.4. The number of carbonyl (C=O) groups excluding carboxylic acids is 2. The van der Waals surface area contributed by atoms with E-state index in [4.69, 9.17) is 18.9 Å². The molecule has 0 radical (unpaired) electrons. The Balaban J connectivity index is 1.61. The van der Waals surface area contributed by atoms with E-state index in [0.29, 0.717) is 29.0 Å². The molecule has 0 aliphatic carbocycles. The van der Waals surface area contributed by atoms with Crippen LogP contribution in [0.4, 0.5) is 13.2 Å². The second-order valence-electron chi connectivity index (χ2n) is 14.6. The van der Waals surface area contributed by atoms with Crippen molar-refractivity contribution in [2.75, 3.05) is 20.3 Å². The lowest BCUT2D eigenvalue weighted by Gasteiger charge is -2.33. The fourth-order valence-electron chi connectivity index (χ4n) is 5.99. The molecule has 5 rings (SSSR count). The molecule has 0 N–H and O–H groups in total. The minimum Gasteiger partial charge on any atom is -0.497 e. The molecule has 0 aliphatic rings. The van der Waals surface area contributed by atoms with E-state index in [1.54, 1.807) is 84.9 Å². The number of methoxy groups -OCH3 is 1. The summed E-state index contributed by atoms with van der Waals surface area (Å²) in [4.78, 5) is 42.8. The van der Waals surface area contributed by atoms with Crippen LogP contribution in [0.3, 0.4) is 0 Å². The molecule has 0 saturated carbocycles. The van der Waals surface area contributed by atoms with Crippen LogP contribution in [0.25, 0.3) is 0 Å². The second-order valence-corrected chi connectivity index (χ2v) is 20.2. The van der Waals surface area contributed by atoms with Crippen LogP contribution in [0.1, 0.15) is 38.7 Å². The Bertz CT molecular complexity index is 2070. The molecule has 0 fully saturated rings. The average Bonchev–Trinajstić information content (AvgIpc) is 3.19. The van der Waals surface area contributed by atoms with Gasteiger partial charge in [0.15, 0.2) is 11.4 Å². The summed E-state index contributed by atoms with van der Waals surface area (Å²) < 4.78 is 65.6. The minimum atomic E-state index is -5.34. The lowest BCUT2D eigenvalue weighted by molar-refractivity contribution is -0.206. The van der Waals surface area contributed by atoms with Crippen LogP contribution in [0.2, 0.25) is 25.7 Å². The molecule has 0 spiro atoms. The predicted octanol–water partition coefficient (Wildman–Crippen LogP) is 8.09. The van der Waals surface area contributed by atoms with Gasteiger partial charge in [-0.1, -0.05) is 123 Å². The van der Waals surface area contributed by atoms with Gasteiger partial charge in [-0.2, -0.15) is 18.3 Å². The fraction of sp³-hybridized carbons (Fsp3) is 0.302. The zero-order chi connectivity index (χ0) is 41.0. The third-order valence-corrected chi connectivity index (χ3v) is 10.7. The Hall–Kier alpha value is -5.73. The number of rotatable bonds is 18. The van der Waals surface area contributed by atoms with Crippen LogP contribution in [-0.4, -0.2) is 67.2 Å². The van der Waals surface area contributed by atoms with Crippen LogP contribution in [-0.2, 0) is 34.2 Å². The summed E-state index contributed by atoms with van der Waals surface area (Å²) in [6, 6.07) is 33.9. The zero-order valence-electron chi connectivity index (χ0n) is 32.3. The molecule has 0 saturated heterocycles. The van der Waals surface area contributed by atoms with Gasteiger partial charge in [-0.25, -0.2) is 9.48 Å². The predicted molar refractivity (Wildman–Crippen MR) is 212 cm³/mol. The molecule has 10 nitrogen and oxygen atoms in total. The van der Waals surface area contributed by atoms with Gasteiger partial charge in [0.05, 0.1) is 19.9 Å². The van der Waals surface area contributed by atoms with Crippen LogP contribution < -0.4 is 14.9 Å². The van der Waals surface area contributed by atoms with Crippen molar-refractivity contribution in [1.82, 2.24) is 14.7 Å². The van der Waals surface area contributed by atoms with E-state index in [1.165, 1.54) is 18.0 Å². The number of aromatic nitrogens is 2. The van der Waals surface area contributed by atoms with E-state index >= 15 is 0 Å². The number of halogens is 3. The standard InChI is InChI=1S/C43H46F3N3O7Si/c1-53-35-22-20-31(21-23-35)26-48(27-36(56-42(52)43(44,45)46)38(33-16-10-6-11-17-33)34-18-12-7-13-19-34)41(51)39-40(50)37(55-29-32-14-8-5-9-15-32)28-49(47-39)30-54-24-25-57(2,3)4/h5-23,28,36,38H,24-27,29-30H2,1-4H3/t36-/m0/s1. The molecule has 14 heteroatoms. The second kappa shape index (κ2) is 19.4. The third kappa shape index (κ3) is 12.4. The number of carbonyl (C=O) groups is 2. The first-order valence-electron chi connectivity index (χ1n) is 18.4. The van der Waals surface area contributed by atoms with E-state index in [2.05, 4.69) is 24.7 Å². The lowest BCUT2D eigenvalue weighted by Crippen LogP contribution is -2.45. The van der Waals surface area contributed by atoms with Crippen LogP contribution in [0.5, 0.6) is 11.5 Å². The molecule has 1 amide bonds. The molecule has 0 bridgehead atoms. The maximum atomic E-state index is 14.8. The van der Waals surface area contributed by atoms with Crippen molar-refractivity contribution < 1.29 is 41.7 Å². The van der Waals surface area contributed by atoms with E-state index < -0.39 is 55.8 Å². The van der Waals surface area contributed by atoms with Crippen LogP contribution in [0.15, 0.2) is 126 Å². The van der Waals surface area contributed by atoms with Crippen molar-refractivity contribution in [3.63, 3.8) is 0 Å². The molecule has 57 heavy (non-hydrogen) atoms. The first-order chi connectivity index (χ1) is 27.2. The molecule has 1 atom stereocenters. The number of amides is 1. The number of alkyl halides is 3. The SMILES string of the molecule is COc1ccc(CN(C[C@H](OC(=O)C(F)(F)F)C(c2ccccc2)c2ccccc2)C(=O)c2nn(COCC[Si](C)(C)C)cc(OCc3ccccc3)c2=O)cc1. The van der Waals surface area contributed by atoms with E-state index in [1.807, 2.05) is 30.3 Å². The highest BCUT2D eigenvalue weighted by Gasteiger charge is 2.44.